The van der Waals surface area contributed by atoms with Crippen LogP contribution in [0.4, 0.5) is 0 Å². The van der Waals surface area contributed by atoms with Gasteiger partial charge in [-0.2, -0.15) is 0 Å². The van der Waals surface area contributed by atoms with Crippen LogP contribution >= 0.6 is 0 Å². The average Bonchev–Trinajstić information content (AvgIpc) is 3.05. The zero-order chi connectivity index (χ0) is 31.5. The molecule has 0 aromatic heterocycles. The second kappa shape index (κ2) is 15.8. The Labute approximate surface area is 259 Å². The van der Waals surface area contributed by atoms with E-state index in [2.05, 4.69) is 11.4 Å². The molecule has 8 nitrogen and oxygen atoms in total. The molecule has 0 saturated carbocycles. The number of hydrogen-bond acceptors (Lipinski definition) is 5. The first-order valence-corrected chi connectivity index (χ1v) is 14.9. The summed E-state index contributed by atoms with van der Waals surface area (Å²) in [5, 5.41) is 5.28. The molecule has 8 heteroatoms. The van der Waals surface area contributed by atoms with Crippen molar-refractivity contribution in [1.82, 2.24) is 15.1 Å². The highest BCUT2D eigenvalue weighted by Crippen LogP contribution is 2.19. The number of carbonyl (C=O) groups excluding carboxylic acids is 3. The molecule has 4 aromatic carbocycles. The summed E-state index contributed by atoms with van der Waals surface area (Å²) < 4.78 is 5.77. The Morgan fingerprint density at radius 3 is 2.20 bits per heavy atom. The molecular formula is C36H42N4O4. The summed E-state index contributed by atoms with van der Waals surface area (Å²) in [5.74, 6) is -0.722. The molecule has 0 aliphatic carbocycles. The summed E-state index contributed by atoms with van der Waals surface area (Å²) in [6.45, 7) is 0.903. The maximum atomic E-state index is 13.9. The van der Waals surface area contributed by atoms with E-state index in [0.29, 0.717) is 38.1 Å². The number of ether oxygens (including phenoxy) is 1. The van der Waals surface area contributed by atoms with E-state index in [4.69, 9.17) is 10.5 Å². The highest BCUT2D eigenvalue weighted by molar-refractivity contribution is 5.97. The molecule has 4 rings (SSSR count). The lowest BCUT2D eigenvalue weighted by atomic mass is 9.98. The van der Waals surface area contributed by atoms with Crippen LogP contribution in [0, 0.1) is 5.92 Å². The Morgan fingerprint density at radius 2 is 1.48 bits per heavy atom. The third-order valence-corrected chi connectivity index (χ3v) is 7.75. The van der Waals surface area contributed by atoms with Crippen molar-refractivity contribution in [2.24, 2.45) is 11.7 Å². The van der Waals surface area contributed by atoms with E-state index in [-0.39, 0.29) is 30.2 Å². The Balaban J connectivity index is 1.54. The molecule has 2 atom stereocenters. The van der Waals surface area contributed by atoms with Crippen molar-refractivity contribution >= 4 is 28.5 Å². The summed E-state index contributed by atoms with van der Waals surface area (Å²) in [6, 6.07) is 30.6. The Bertz CT molecular complexity index is 1560. The number of rotatable bonds is 14. The van der Waals surface area contributed by atoms with Crippen molar-refractivity contribution in [2.45, 2.75) is 25.4 Å². The second-order valence-electron chi connectivity index (χ2n) is 11.3. The summed E-state index contributed by atoms with van der Waals surface area (Å²) >= 11 is 0. The van der Waals surface area contributed by atoms with E-state index in [1.165, 1.54) is 9.80 Å². The van der Waals surface area contributed by atoms with Crippen LogP contribution in [0.1, 0.15) is 27.0 Å². The van der Waals surface area contributed by atoms with Crippen molar-refractivity contribution in [2.75, 3.05) is 40.9 Å². The standard InChI is InChI=1S/C36H42N4O4/c1-39(2)34(41)25-44-24-29(18-26-10-5-4-6-11-26)23-38-35(42)33(21-27-16-17-30-13-7-8-14-31(30)19-27)40(3)36(43)32-15-9-12-28(20-32)22-37/h4-17,19-20,29,33H,18,21-25,37H2,1-3H3,(H,38,42)/t29-,33-/m1/s1. The predicted octanol–water partition coefficient (Wildman–Crippen LogP) is 4.06. The first kappa shape index (κ1) is 32.4. The maximum absolute atomic E-state index is 13.9. The smallest absolute Gasteiger partial charge is 0.254 e. The van der Waals surface area contributed by atoms with Gasteiger partial charge in [-0.15, -0.1) is 0 Å². The van der Waals surface area contributed by atoms with E-state index >= 15 is 0 Å². The zero-order valence-corrected chi connectivity index (χ0v) is 25.7. The number of benzene rings is 4. The fourth-order valence-corrected chi connectivity index (χ4v) is 5.11. The number of likely N-dealkylation sites (N-methyl/N-ethyl adjacent to an activating group) is 2. The Kier molecular flexibility index (Phi) is 11.6. The molecule has 0 radical (unpaired) electrons. The maximum Gasteiger partial charge on any atom is 0.254 e. The van der Waals surface area contributed by atoms with E-state index in [1.54, 1.807) is 39.3 Å². The van der Waals surface area contributed by atoms with Crippen molar-refractivity contribution in [3.8, 4) is 0 Å². The number of hydrogen-bond donors (Lipinski definition) is 2. The first-order chi connectivity index (χ1) is 21.2. The van der Waals surface area contributed by atoms with Crippen LogP contribution in [0.5, 0.6) is 0 Å². The Morgan fingerprint density at radius 1 is 0.773 bits per heavy atom. The molecule has 0 bridgehead atoms. The van der Waals surface area contributed by atoms with Gasteiger partial charge in [-0.05, 0) is 46.0 Å². The van der Waals surface area contributed by atoms with Crippen LogP contribution in [0.3, 0.4) is 0 Å². The van der Waals surface area contributed by atoms with Crippen molar-refractivity contribution in [3.63, 3.8) is 0 Å². The number of nitrogens with zero attached hydrogens (tertiary/aromatic N) is 2. The van der Waals surface area contributed by atoms with Crippen LogP contribution in [-0.2, 0) is 33.7 Å². The van der Waals surface area contributed by atoms with Crippen molar-refractivity contribution in [1.29, 1.82) is 0 Å². The first-order valence-electron chi connectivity index (χ1n) is 14.9. The predicted molar refractivity (Wildman–Crippen MR) is 174 cm³/mol. The van der Waals surface area contributed by atoms with Gasteiger partial charge in [0, 0.05) is 52.1 Å². The summed E-state index contributed by atoms with van der Waals surface area (Å²) in [5.41, 5.74) is 9.20. The number of carbonyl (C=O) groups is 3. The normalized spacial score (nSPS) is 12.4. The molecule has 0 spiro atoms. The zero-order valence-electron chi connectivity index (χ0n) is 25.7. The number of nitrogens with two attached hydrogens (primary N) is 1. The SMILES string of the molecule is CN(C)C(=O)COC[C@@H](CNC(=O)[C@@H](Cc1ccc2ccccc2c1)N(C)C(=O)c1cccc(CN)c1)Cc1ccccc1. The lowest BCUT2D eigenvalue weighted by Crippen LogP contribution is -2.50. The van der Waals surface area contributed by atoms with Gasteiger partial charge in [0.25, 0.3) is 5.91 Å². The van der Waals surface area contributed by atoms with Gasteiger partial charge in [-0.25, -0.2) is 0 Å². The lowest BCUT2D eigenvalue weighted by Gasteiger charge is -2.29. The molecule has 0 saturated heterocycles. The molecule has 0 fully saturated rings. The second-order valence-corrected chi connectivity index (χ2v) is 11.3. The third kappa shape index (κ3) is 8.99. The Hall–Kier alpha value is -4.53. The summed E-state index contributed by atoms with van der Waals surface area (Å²) in [4.78, 5) is 42.6. The van der Waals surface area contributed by atoms with Gasteiger partial charge in [0.2, 0.25) is 11.8 Å². The van der Waals surface area contributed by atoms with Gasteiger partial charge < -0.3 is 25.6 Å². The number of fused-ring (bicyclic) bond motifs is 1. The molecule has 0 unspecified atom stereocenters. The van der Waals surface area contributed by atoms with Crippen LogP contribution < -0.4 is 11.1 Å². The van der Waals surface area contributed by atoms with Gasteiger partial charge in [-0.3, -0.25) is 14.4 Å². The molecule has 0 aliphatic heterocycles. The van der Waals surface area contributed by atoms with Crippen LogP contribution in [0.2, 0.25) is 0 Å². The minimum absolute atomic E-state index is 0.0318. The van der Waals surface area contributed by atoms with Gasteiger partial charge >= 0.3 is 0 Å². The molecule has 4 aromatic rings. The topological polar surface area (TPSA) is 105 Å². The highest BCUT2D eigenvalue weighted by Gasteiger charge is 2.29. The minimum Gasteiger partial charge on any atom is -0.371 e. The molecule has 3 N–H and O–H groups in total. The average molecular weight is 595 g/mol. The highest BCUT2D eigenvalue weighted by atomic mass is 16.5. The largest absolute Gasteiger partial charge is 0.371 e. The molecule has 230 valence electrons. The monoisotopic (exact) mass is 594 g/mol. The molecule has 0 aliphatic rings. The number of amides is 3. The molecular weight excluding hydrogens is 552 g/mol. The van der Waals surface area contributed by atoms with E-state index < -0.39 is 6.04 Å². The number of nitrogens with one attached hydrogen (secondary N) is 1. The van der Waals surface area contributed by atoms with Gasteiger partial charge in [0.15, 0.2) is 0 Å². The van der Waals surface area contributed by atoms with Gasteiger partial charge in [0.05, 0.1) is 6.61 Å². The molecule has 44 heavy (non-hydrogen) atoms. The van der Waals surface area contributed by atoms with Gasteiger partial charge in [0.1, 0.15) is 12.6 Å². The lowest BCUT2D eigenvalue weighted by molar-refractivity contribution is -0.134. The summed E-state index contributed by atoms with van der Waals surface area (Å²) in [6.07, 6.45) is 1.000. The quantitative estimate of drug-likeness (QED) is 0.229. The summed E-state index contributed by atoms with van der Waals surface area (Å²) in [7, 11) is 5.04. The minimum atomic E-state index is -0.765. The third-order valence-electron chi connectivity index (χ3n) is 7.75. The van der Waals surface area contributed by atoms with Crippen LogP contribution in [-0.4, -0.2) is 74.5 Å². The van der Waals surface area contributed by atoms with E-state index in [9.17, 15) is 14.4 Å². The van der Waals surface area contributed by atoms with E-state index in [1.807, 2.05) is 72.8 Å². The van der Waals surface area contributed by atoms with Gasteiger partial charge in [-0.1, -0.05) is 84.9 Å². The van der Waals surface area contributed by atoms with Crippen molar-refractivity contribution < 1.29 is 19.1 Å². The fraction of sp³-hybridized carbons (Fsp3) is 0.306. The van der Waals surface area contributed by atoms with Crippen molar-refractivity contribution in [3.05, 3.63) is 119 Å². The molecule has 0 heterocycles. The fourth-order valence-electron chi connectivity index (χ4n) is 5.11. The molecule has 3 amide bonds. The van der Waals surface area contributed by atoms with Crippen LogP contribution in [0.15, 0.2) is 97.1 Å². The van der Waals surface area contributed by atoms with Crippen LogP contribution in [0.25, 0.3) is 10.8 Å². The van der Waals surface area contributed by atoms with E-state index in [0.717, 1.165) is 27.5 Å².